The van der Waals surface area contributed by atoms with E-state index in [9.17, 15) is 0 Å². The van der Waals surface area contributed by atoms with Crippen molar-refractivity contribution in [1.29, 1.82) is 0 Å². The molecule has 1 spiro atoms. The van der Waals surface area contributed by atoms with Gasteiger partial charge in [-0.05, 0) is 37.0 Å². The molecule has 66 valence electrons. The first kappa shape index (κ1) is 9.05. The van der Waals surface area contributed by atoms with Gasteiger partial charge in [-0.15, -0.1) is 0 Å². The zero-order valence-electron chi connectivity index (χ0n) is 8.06. The van der Waals surface area contributed by atoms with Crippen molar-refractivity contribution < 1.29 is 0 Å². The summed E-state index contributed by atoms with van der Waals surface area (Å²) in [6, 6.07) is 0.521. The molecule has 0 saturated heterocycles. The van der Waals surface area contributed by atoms with Crippen LogP contribution >= 0.6 is 0 Å². The second kappa shape index (κ2) is 3.14. The Kier molecular flexibility index (Phi) is 2.58. The van der Waals surface area contributed by atoms with Crippen LogP contribution in [0.4, 0.5) is 0 Å². The third-order valence-corrected chi connectivity index (χ3v) is 3.11. The Morgan fingerprint density at radius 3 is 1.91 bits per heavy atom. The summed E-state index contributed by atoms with van der Waals surface area (Å²) in [5, 5.41) is 0. The van der Waals surface area contributed by atoms with Crippen LogP contribution in [0.25, 0.3) is 0 Å². The monoisotopic (exact) mass is 155 g/mol. The van der Waals surface area contributed by atoms with Crippen LogP contribution in [0.1, 0.15) is 46.5 Å². The Bertz CT molecular complexity index is 115. The quantitative estimate of drug-likeness (QED) is 0.571. The number of hydrogen-bond acceptors (Lipinski definition) is 1. The first-order valence-electron chi connectivity index (χ1n) is 4.97. The summed E-state index contributed by atoms with van der Waals surface area (Å²) in [5.74, 6) is 0.799. The smallest absolute Gasteiger partial charge is 0.00700 e. The topological polar surface area (TPSA) is 26.0 Å². The molecule has 0 radical (unpaired) electrons. The molecule has 0 heterocycles. The summed E-state index contributed by atoms with van der Waals surface area (Å²) in [7, 11) is 0. The van der Waals surface area contributed by atoms with Crippen LogP contribution in [-0.2, 0) is 0 Å². The fraction of sp³-hybridized carbons (Fsp3) is 1.00. The molecule has 2 unspecified atom stereocenters. The zero-order valence-corrected chi connectivity index (χ0v) is 8.06. The van der Waals surface area contributed by atoms with E-state index in [1.165, 1.54) is 25.7 Å². The number of rotatable bonds is 0. The van der Waals surface area contributed by atoms with Crippen molar-refractivity contribution in [2.24, 2.45) is 17.1 Å². The van der Waals surface area contributed by atoms with Crippen molar-refractivity contribution >= 4 is 0 Å². The molecule has 0 aromatic heterocycles. The molecule has 2 atom stereocenters. The van der Waals surface area contributed by atoms with E-state index in [0.29, 0.717) is 6.04 Å². The molecule has 0 amide bonds. The van der Waals surface area contributed by atoms with E-state index in [1.54, 1.807) is 0 Å². The molecule has 11 heavy (non-hydrogen) atoms. The van der Waals surface area contributed by atoms with Crippen molar-refractivity contribution in [2.45, 2.75) is 52.5 Å². The molecule has 2 aliphatic rings. The molecule has 0 bridgehead atoms. The highest BCUT2D eigenvalue weighted by Crippen LogP contribution is 2.58. The molecule has 1 heteroatoms. The van der Waals surface area contributed by atoms with E-state index < -0.39 is 0 Å². The molecule has 0 aromatic carbocycles. The van der Waals surface area contributed by atoms with Crippen LogP contribution in [-0.4, -0.2) is 6.04 Å². The molecule has 2 N–H and O–H groups in total. The van der Waals surface area contributed by atoms with Gasteiger partial charge in [0.15, 0.2) is 0 Å². The normalized spacial score (nSPS) is 38.2. The van der Waals surface area contributed by atoms with E-state index in [4.69, 9.17) is 5.73 Å². The second-order valence-electron chi connectivity index (χ2n) is 4.05. The van der Waals surface area contributed by atoms with E-state index >= 15 is 0 Å². The molecular weight excluding hydrogens is 134 g/mol. The standard InChI is InChI=1S/C8H15N.C2H6/c1-6-4-8(2-3-8)5-7(6)9;1-2/h6-7H,2-5,9H2,1H3;1-2H3. The van der Waals surface area contributed by atoms with Crippen LogP contribution in [0.2, 0.25) is 0 Å². The summed E-state index contributed by atoms with van der Waals surface area (Å²) in [5.41, 5.74) is 6.66. The van der Waals surface area contributed by atoms with Crippen LogP contribution in [0.3, 0.4) is 0 Å². The lowest BCUT2D eigenvalue weighted by Gasteiger charge is -2.05. The first-order chi connectivity index (χ1) is 5.22. The average Bonchev–Trinajstić information content (AvgIpc) is 2.66. The van der Waals surface area contributed by atoms with Gasteiger partial charge in [0, 0.05) is 6.04 Å². The predicted octanol–water partition coefficient (Wildman–Crippen LogP) is 2.55. The Hall–Kier alpha value is -0.0400. The molecule has 2 fully saturated rings. The first-order valence-corrected chi connectivity index (χ1v) is 4.97. The van der Waals surface area contributed by atoms with Crippen LogP contribution in [0.5, 0.6) is 0 Å². The summed E-state index contributed by atoms with van der Waals surface area (Å²) in [6.07, 6.45) is 5.65. The van der Waals surface area contributed by atoms with Crippen LogP contribution in [0, 0.1) is 11.3 Å². The van der Waals surface area contributed by atoms with Crippen molar-refractivity contribution in [3.8, 4) is 0 Å². The molecule has 2 saturated carbocycles. The lowest BCUT2D eigenvalue weighted by molar-refractivity contribution is 0.498. The third-order valence-electron chi connectivity index (χ3n) is 3.11. The van der Waals surface area contributed by atoms with Gasteiger partial charge in [-0.3, -0.25) is 0 Å². The lowest BCUT2D eigenvalue weighted by Crippen LogP contribution is -2.21. The third kappa shape index (κ3) is 1.76. The minimum atomic E-state index is 0.521. The average molecular weight is 155 g/mol. The van der Waals surface area contributed by atoms with E-state index in [1.807, 2.05) is 13.8 Å². The second-order valence-corrected chi connectivity index (χ2v) is 4.05. The van der Waals surface area contributed by atoms with Crippen LogP contribution < -0.4 is 5.73 Å². The van der Waals surface area contributed by atoms with E-state index in [-0.39, 0.29) is 0 Å². The Morgan fingerprint density at radius 2 is 1.73 bits per heavy atom. The Morgan fingerprint density at radius 1 is 1.18 bits per heavy atom. The summed E-state index contributed by atoms with van der Waals surface area (Å²) >= 11 is 0. The largest absolute Gasteiger partial charge is 0.327 e. The summed E-state index contributed by atoms with van der Waals surface area (Å²) in [6.45, 7) is 6.29. The maximum Gasteiger partial charge on any atom is 0.00700 e. The van der Waals surface area contributed by atoms with Crippen molar-refractivity contribution in [1.82, 2.24) is 0 Å². The van der Waals surface area contributed by atoms with Gasteiger partial charge in [0.25, 0.3) is 0 Å². The fourth-order valence-electron chi connectivity index (χ4n) is 2.20. The molecule has 1 nitrogen and oxygen atoms in total. The summed E-state index contributed by atoms with van der Waals surface area (Å²) < 4.78 is 0. The van der Waals surface area contributed by atoms with Gasteiger partial charge in [0.1, 0.15) is 0 Å². The van der Waals surface area contributed by atoms with E-state index in [0.717, 1.165) is 11.3 Å². The number of nitrogens with two attached hydrogens (primary N) is 1. The van der Waals surface area contributed by atoms with Gasteiger partial charge in [-0.25, -0.2) is 0 Å². The SMILES string of the molecule is CC.CC1CC2(CC2)CC1N. The number of hydrogen-bond donors (Lipinski definition) is 1. The van der Waals surface area contributed by atoms with Gasteiger partial charge >= 0.3 is 0 Å². The van der Waals surface area contributed by atoms with Gasteiger partial charge in [-0.2, -0.15) is 0 Å². The Labute approximate surface area is 70.4 Å². The molecule has 2 rings (SSSR count). The molecule has 0 aromatic rings. The summed E-state index contributed by atoms with van der Waals surface area (Å²) in [4.78, 5) is 0. The lowest BCUT2D eigenvalue weighted by atomic mass is 10.0. The molecular formula is C10H21N. The van der Waals surface area contributed by atoms with Crippen LogP contribution in [0.15, 0.2) is 0 Å². The van der Waals surface area contributed by atoms with Gasteiger partial charge < -0.3 is 5.73 Å². The maximum atomic E-state index is 5.89. The zero-order chi connectivity index (χ0) is 8.48. The molecule has 0 aliphatic heterocycles. The highest BCUT2D eigenvalue weighted by atomic mass is 14.7. The van der Waals surface area contributed by atoms with Crippen molar-refractivity contribution in [2.75, 3.05) is 0 Å². The molecule has 2 aliphatic carbocycles. The fourth-order valence-corrected chi connectivity index (χ4v) is 2.20. The minimum absolute atomic E-state index is 0.521. The van der Waals surface area contributed by atoms with E-state index in [2.05, 4.69) is 6.92 Å². The van der Waals surface area contributed by atoms with Gasteiger partial charge in [0.05, 0.1) is 0 Å². The van der Waals surface area contributed by atoms with Gasteiger partial charge in [-0.1, -0.05) is 20.8 Å². The maximum absolute atomic E-state index is 5.89. The highest BCUT2D eigenvalue weighted by molar-refractivity contribution is 5.03. The predicted molar refractivity (Wildman–Crippen MR) is 49.4 cm³/mol. The Balaban J connectivity index is 0.000000281. The van der Waals surface area contributed by atoms with Gasteiger partial charge in [0.2, 0.25) is 0 Å². The van der Waals surface area contributed by atoms with Crippen molar-refractivity contribution in [3.05, 3.63) is 0 Å². The minimum Gasteiger partial charge on any atom is -0.327 e. The van der Waals surface area contributed by atoms with Crippen molar-refractivity contribution in [3.63, 3.8) is 0 Å². The highest BCUT2D eigenvalue weighted by Gasteiger charge is 2.49.